The first-order valence-electron chi connectivity index (χ1n) is 7.52. The van der Waals surface area contributed by atoms with Gasteiger partial charge in [-0.05, 0) is 35.2 Å². The van der Waals surface area contributed by atoms with Crippen molar-refractivity contribution >= 4 is 23.9 Å². The predicted octanol–water partition coefficient (Wildman–Crippen LogP) is 6.31. The molecule has 110 valence electrons. The van der Waals surface area contributed by atoms with Crippen LogP contribution in [0.3, 0.4) is 0 Å². The number of benzene rings is 2. The van der Waals surface area contributed by atoms with Crippen LogP contribution in [0.15, 0.2) is 53.4 Å². The second-order valence-electron chi connectivity index (χ2n) is 6.21. The Balaban J connectivity index is 2.03. The predicted molar refractivity (Wildman–Crippen MR) is 96.8 cm³/mol. The van der Waals surface area contributed by atoms with Crippen molar-refractivity contribution in [2.75, 3.05) is 0 Å². The van der Waals surface area contributed by atoms with E-state index in [1.165, 1.54) is 21.6 Å². The van der Waals surface area contributed by atoms with Gasteiger partial charge in [-0.2, -0.15) is 0 Å². The smallest absolute Gasteiger partial charge is 0.0122 e. The topological polar surface area (TPSA) is 0 Å². The van der Waals surface area contributed by atoms with Gasteiger partial charge < -0.3 is 0 Å². The summed E-state index contributed by atoms with van der Waals surface area (Å²) in [5, 5.41) is 0. The summed E-state index contributed by atoms with van der Waals surface area (Å²) in [5.41, 5.74) is 3.88. The van der Waals surface area contributed by atoms with Crippen molar-refractivity contribution in [3.63, 3.8) is 0 Å². The van der Waals surface area contributed by atoms with Crippen LogP contribution < -0.4 is 0 Å². The van der Waals surface area contributed by atoms with Gasteiger partial charge in [-0.1, -0.05) is 76.2 Å². The summed E-state index contributed by atoms with van der Waals surface area (Å²) >= 11 is 1.90. The fraction of sp³-hybridized carbons (Fsp3) is 0.300. The van der Waals surface area contributed by atoms with Crippen molar-refractivity contribution in [1.82, 2.24) is 0 Å². The molecule has 0 spiro atoms. The monoisotopic (exact) mass is 296 g/mol. The quantitative estimate of drug-likeness (QED) is 0.470. The maximum absolute atomic E-state index is 2.24. The van der Waals surface area contributed by atoms with Crippen LogP contribution in [0.5, 0.6) is 0 Å². The zero-order chi connectivity index (χ0) is 15.3. The van der Waals surface area contributed by atoms with Gasteiger partial charge in [0, 0.05) is 9.64 Å². The Morgan fingerprint density at radius 2 is 1.29 bits per heavy atom. The fourth-order valence-electron chi connectivity index (χ4n) is 2.06. The van der Waals surface area contributed by atoms with Gasteiger partial charge in [-0.25, -0.2) is 0 Å². The third kappa shape index (κ3) is 5.43. The molecule has 0 fully saturated rings. The molecule has 2 rings (SSSR count). The number of hydrogen-bond donors (Lipinski definition) is 0. The fourth-order valence-corrected chi connectivity index (χ4v) is 3.04. The third-order valence-electron chi connectivity index (χ3n) is 3.16. The van der Waals surface area contributed by atoms with Crippen molar-refractivity contribution in [3.05, 3.63) is 65.2 Å². The minimum Gasteiger partial charge on any atom is -0.120 e. The van der Waals surface area contributed by atoms with Crippen LogP contribution in [0.25, 0.3) is 12.2 Å². The highest BCUT2D eigenvalue weighted by molar-refractivity contribution is 8.00. The van der Waals surface area contributed by atoms with E-state index in [1.54, 1.807) is 0 Å². The highest BCUT2D eigenvalue weighted by Crippen LogP contribution is 2.31. The Labute approximate surface area is 133 Å². The first-order valence-corrected chi connectivity index (χ1v) is 8.34. The van der Waals surface area contributed by atoms with E-state index in [2.05, 4.69) is 88.4 Å². The normalized spacial score (nSPS) is 12.0. The van der Waals surface area contributed by atoms with Crippen LogP contribution in [0, 0.1) is 0 Å². The summed E-state index contributed by atoms with van der Waals surface area (Å²) in [6.45, 7) is 8.91. The van der Waals surface area contributed by atoms with Crippen LogP contribution in [0.2, 0.25) is 0 Å². The lowest BCUT2D eigenvalue weighted by Gasteiger charge is -2.17. The summed E-state index contributed by atoms with van der Waals surface area (Å²) in [7, 11) is 0. The minimum absolute atomic E-state index is 0.262. The van der Waals surface area contributed by atoms with Crippen molar-refractivity contribution in [2.45, 2.75) is 43.8 Å². The number of aryl methyl sites for hydroxylation is 1. The lowest BCUT2D eigenvalue weighted by atomic mass is 10.1. The molecule has 2 aromatic carbocycles. The van der Waals surface area contributed by atoms with Crippen LogP contribution in [-0.2, 0) is 6.42 Å². The minimum atomic E-state index is 0.262. The lowest BCUT2D eigenvalue weighted by Crippen LogP contribution is -2.06. The van der Waals surface area contributed by atoms with E-state index in [4.69, 9.17) is 0 Å². The molecule has 0 atom stereocenters. The van der Waals surface area contributed by atoms with Crippen LogP contribution in [0.1, 0.15) is 44.4 Å². The van der Waals surface area contributed by atoms with E-state index < -0.39 is 0 Å². The van der Waals surface area contributed by atoms with E-state index in [1.807, 2.05) is 11.8 Å². The molecule has 0 N–H and O–H groups in total. The highest BCUT2D eigenvalue weighted by atomic mass is 32.2. The molecule has 0 aromatic heterocycles. The van der Waals surface area contributed by atoms with Crippen molar-refractivity contribution in [1.29, 1.82) is 0 Å². The molecule has 1 heteroatoms. The molecular weight excluding hydrogens is 272 g/mol. The van der Waals surface area contributed by atoms with Crippen molar-refractivity contribution < 1.29 is 0 Å². The highest BCUT2D eigenvalue weighted by Gasteiger charge is 2.11. The maximum Gasteiger partial charge on any atom is 0.0122 e. The molecule has 0 saturated heterocycles. The Bertz CT molecular complexity index is 583. The summed E-state index contributed by atoms with van der Waals surface area (Å²) in [6, 6.07) is 17.5. The van der Waals surface area contributed by atoms with E-state index in [0.29, 0.717) is 0 Å². The molecule has 0 amide bonds. The van der Waals surface area contributed by atoms with Crippen molar-refractivity contribution in [2.24, 2.45) is 0 Å². The SMILES string of the molecule is CCc1ccc(/C=C/c2ccc(SC(C)(C)C)cc2)cc1. The maximum atomic E-state index is 2.24. The lowest BCUT2D eigenvalue weighted by molar-refractivity contribution is 0.803. The van der Waals surface area contributed by atoms with Gasteiger partial charge in [0.2, 0.25) is 0 Å². The average molecular weight is 296 g/mol. The van der Waals surface area contributed by atoms with E-state index >= 15 is 0 Å². The second-order valence-corrected chi connectivity index (χ2v) is 8.11. The summed E-state index contributed by atoms with van der Waals surface area (Å²) in [5.74, 6) is 0. The van der Waals surface area contributed by atoms with Gasteiger partial charge >= 0.3 is 0 Å². The average Bonchev–Trinajstić information content (AvgIpc) is 2.45. The first-order chi connectivity index (χ1) is 9.96. The summed E-state index contributed by atoms with van der Waals surface area (Å²) < 4.78 is 0.262. The molecule has 2 aromatic rings. The summed E-state index contributed by atoms with van der Waals surface area (Å²) in [4.78, 5) is 1.33. The standard InChI is InChI=1S/C20H24S/c1-5-16-6-8-17(9-7-16)10-11-18-12-14-19(15-13-18)21-20(2,3)4/h6-15H,5H2,1-4H3/b11-10+. The largest absolute Gasteiger partial charge is 0.120 e. The number of hydrogen-bond acceptors (Lipinski definition) is 1. The van der Waals surface area contributed by atoms with Gasteiger partial charge in [0.15, 0.2) is 0 Å². The van der Waals surface area contributed by atoms with Gasteiger partial charge in [0.1, 0.15) is 0 Å². The van der Waals surface area contributed by atoms with Crippen LogP contribution in [0.4, 0.5) is 0 Å². The molecule has 0 saturated carbocycles. The number of rotatable bonds is 4. The second kappa shape index (κ2) is 7.00. The molecule has 0 aliphatic rings. The van der Waals surface area contributed by atoms with Gasteiger partial charge in [0.25, 0.3) is 0 Å². The Hall–Kier alpha value is -1.47. The van der Waals surface area contributed by atoms with Gasteiger partial charge in [-0.15, -0.1) is 11.8 Å². The zero-order valence-corrected chi connectivity index (χ0v) is 14.2. The zero-order valence-electron chi connectivity index (χ0n) is 13.4. The van der Waals surface area contributed by atoms with E-state index in [0.717, 1.165) is 6.42 Å². The van der Waals surface area contributed by atoms with Crippen LogP contribution >= 0.6 is 11.8 Å². The van der Waals surface area contributed by atoms with E-state index in [9.17, 15) is 0 Å². The molecule has 0 aliphatic heterocycles. The van der Waals surface area contributed by atoms with Gasteiger partial charge in [0.05, 0.1) is 0 Å². The Morgan fingerprint density at radius 3 is 1.71 bits per heavy atom. The Kier molecular flexibility index (Phi) is 5.30. The molecule has 0 unspecified atom stereocenters. The van der Waals surface area contributed by atoms with Crippen LogP contribution in [-0.4, -0.2) is 4.75 Å². The molecule has 0 nitrogen and oxygen atoms in total. The van der Waals surface area contributed by atoms with Gasteiger partial charge in [-0.3, -0.25) is 0 Å². The molecule has 21 heavy (non-hydrogen) atoms. The molecular formula is C20H24S. The number of thioether (sulfide) groups is 1. The van der Waals surface area contributed by atoms with Crippen molar-refractivity contribution in [3.8, 4) is 0 Å². The molecule has 0 heterocycles. The summed E-state index contributed by atoms with van der Waals surface area (Å²) in [6.07, 6.45) is 5.44. The first kappa shape index (κ1) is 15.9. The molecule has 0 radical (unpaired) electrons. The van der Waals surface area contributed by atoms with E-state index in [-0.39, 0.29) is 4.75 Å². The Morgan fingerprint density at radius 1 is 0.810 bits per heavy atom. The molecule has 0 bridgehead atoms. The molecule has 0 aliphatic carbocycles. The third-order valence-corrected chi connectivity index (χ3v) is 4.28.